The van der Waals surface area contributed by atoms with Crippen molar-refractivity contribution < 1.29 is 48.1 Å². The van der Waals surface area contributed by atoms with E-state index >= 15 is 0 Å². The maximum Gasteiger partial charge on any atom is 0.331 e. The Balaban J connectivity index is 1.70. The molecule has 1 heterocycles. The zero-order valence-corrected chi connectivity index (χ0v) is 37.2. The summed E-state index contributed by atoms with van der Waals surface area (Å²) in [5.41, 5.74) is 4.54. The van der Waals surface area contributed by atoms with E-state index in [0.717, 1.165) is 36.8 Å². The third-order valence-corrected chi connectivity index (χ3v) is 10.7. The van der Waals surface area contributed by atoms with Crippen molar-refractivity contribution in [1.82, 2.24) is 14.7 Å². The third kappa shape index (κ3) is 11.5. The molecule has 1 aromatic heterocycles. The molecule has 0 N–H and O–H groups in total. The van der Waals surface area contributed by atoms with Crippen molar-refractivity contribution in [3.63, 3.8) is 0 Å². The maximum atomic E-state index is 13.0. The monoisotopic (exact) mass is 881 g/mol. The van der Waals surface area contributed by atoms with Crippen LogP contribution in [-0.2, 0) is 54.7 Å². The van der Waals surface area contributed by atoms with Gasteiger partial charge in [-0.2, -0.15) is 10.1 Å². The molecule has 4 aromatic carbocycles. The van der Waals surface area contributed by atoms with Gasteiger partial charge in [-0.15, -0.1) is 24.4 Å². The summed E-state index contributed by atoms with van der Waals surface area (Å²) in [6.45, 7) is 9.97. The number of carbonyl (C=O) groups is 6. The van der Waals surface area contributed by atoms with Gasteiger partial charge in [-0.3, -0.25) is 19.2 Å². The summed E-state index contributed by atoms with van der Waals surface area (Å²) in [5, 5.41) is 12.0. The van der Waals surface area contributed by atoms with E-state index < -0.39 is 47.8 Å². The third-order valence-electron chi connectivity index (χ3n) is 9.61. The minimum atomic E-state index is -0.898. The molecule has 0 aliphatic carbocycles. The van der Waals surface area contributed by atoms with E-state index in [-0.39, 0.29) is 24.3 Å². The Bertz CT molecular complexity index is 2570. The second-order valence-corrected chi connectivity index (χ2v) is 15.5. The van der Waals surface area contributed by atoms with Crippen molar-refractivity contribution in [2.75, 3.05) is 6.26 Å². The molecule has 0 aliphatic rings. The number of nitrogens with zero attached hydrogens (tertiary/aromatic N) is 5. The number of rotatable bonds is 14. The molecule has 0 aliphatic heterocycles. The van der Waals surface area contributed by atoms with Gasteiger partial charge < -0.3 is 23.9 Å². The Morgan fingerprint density at radius 3 is 1.35 bits per heavy atom. The van der Waals surface area contributed by atoms with Crippen LogP contribution >= 0.6 is 24.4 Å². The Morgan fingerprint density at radius 2 is 1.02 bits per heavy atom. The van der Waals surface area contributed by atoms with Crippen molar-refractivity contribution in [1.29, 1.82) is 0 Å². The number of thioether (sulfide) groups is 1. The molecule has 0 saturated heterocycles. The van der Waals surface area contributed by atoms with Gasteiger partial charge in [-0.25, -0.2) is 9.59 Å². The summed E-state index contributed by atoms with van der Waals surface area (Å²) >= 11 is 5.94. The van der Waals surface area contributed by atoms with Crippen LogP contribution in [0.15, 0.2) is 105 Å². The molecule has 2 amide bonds. The van der Waals surface area contributed by atoms with Crippen molar-refractivity contribution in [2.24, 2.45) is 10.3 Å². The van der Waals surface area contributed by atoms with Crippen LogP contribution in [0.4, 0.5) is 0 Å². The lowest BCUT2D eigenvalue weighted by Crippen LogP contribution is -2.36. The zero-order valence-electron chi connectivity index (χ0n) is 35.5. The molecule has 15 nitrogen and oxygen atoms in total. The van der Waals surface area contributed by atoms with Crippen LogP contribution in [0.3, 0.4) is 0 Å². The second kappa shape index (κ2) is 20.9. The number of aryl methyl sites for hydroxylation is 1. The Labute approximate surface area is 368 Å². The molecule has 5 aromatic rings. The lowest BCUT2D eigenvalue weighted by Gasteiger charge is -2.29. The minimum absolute atomic E-state index is 0.0360. The van der Waals surface area contributed by atoms with Crippen molar-refractivity contribution in [3.05, 3.63) is 107 Å². The van der Waals surface area contributed by atoms with E-state index in [1.54, 1.807) is 36.0 Å². The number of benzene rings is 4. The highest BCUT2D eigenvalue weighted by molar-refractivity contribution is 7.98. The molecule has 2 unspecified atom stereocenters. The first-order valence-corrected chi connectivity index (χ1v) is 21.1. The summed E-state index contributed by atoms with van der Waals surface area (Å²) in [6.07, 6.45) is 1.85. The Kier molecular flexibility index (Phi) is 15.7. The highest BCUT2D eigenvalue weighted by atomic mass is 32.2. The number of hydrogen-bond acceptors (Lipinski definition) is 14. The van der Waals surface area contributed by atoms with Gasteiger partial charge in [0.15, 0.2) is 0 Å². The smallest absolute Gasteiger partial charge is 0.331 e. The van der Waals surface area contributed by atoms with E-state index in [4.69, 9.17) is 19.4 Å². The van der Waals surface area contributed by atoms with E-state index in [9.17, 15) is 28.8 Å². The number of thiol groups is 1. The van der Waals surface area contributed by atoms with E-state index in [1.165, 1.54) is 41.5 Å². The normalized spacial score (nSPS) is 12.7. The van der Waals surface area contributed by atoms with Crippen LogP contribution in [0.2, 0.25) is 0 Å². The quantitative estimate of drug-likeness (QED) is 0.0374. The summed E-state index contributed by atoms with van der Waals surface area (Å²) in [6, 6.07) is 23.9. The number of carbonyl (C=O) groups excluding carboxylic acids is 6. The lowest BCUT2D eigenvalue weighted by molar-refractivity contribution is -0.204. The molecule has 0 fully saturated rings. The summed E-state index contributed by atoms with van der Waals surface area (Å²) < 4.78 is 2.11. The molecular formula is C45H47N5O10S2. The molecule has 0 saturated carbocycles. The molecular weight excluding hydrogens is 835 g/mol. The lowest BCUT2D eigenvalue weighted by atomic mass is 9.94. The molecule has 2 atom stereocenters. The van der Waals surface area contributed by atoms with Crippen LogP contribution in [-0.4, -0.2) is 68.1 Å². The first-order valence-electron chi connectivity index (χ1n) is 19.5. The fourth-order valence-electron chi connectivity index (χ4n) is 6.99. The second-order valence-electron chi connectivity index (χ2n) is 14.1. The Hall–Kier alpha value is -6.46. The van der Waals surface area contributed by atoms with Crippen molar-refractivity contribution in [3.8, 4) is 0 Å². The molecule has 0 bridgehead atoms. The number of amides is 2. The number of hydrogen-bond donors (Lipinski definition) is 1. The van der Waals surface area contributed by atoms with E-state index in [1.807, 2.05) is 73.8 Å². The number of oxime groups is 2. The van der Waals surface area contributed by atoms with Gasteiger partial charge in [0.1, 0.15) is 12.1 Å². The molecule has 17 heteroatoms. The van der Waals surface area contributed by atoms with Crippen LogP contribution < -0.4 is 0 Å². The topological polar surface area (TPSA) is 175 Å². The summed E-state index contributed by atoms with van der Waals surface area (Å²) in [4.78, 5) is 97.8. The van der Waals surface area contributed by atoms with Crippen molar-refractivity contribution >= 4 is 93.3 Å². The largest absolute Gasteiger partial charge is 0.341 e. The van der Waals surface area contributed by atoms with Crippen LogP contribution in [0.5, 0.6) is 0 Å². The van der Waals surface area contributed by atoms with Crippen LogP contribution in [0.1, 0.15) is 95.6 Å². The van der Waals surface area contributed by atoms with Crippen LogP contribution in [0.25, 0.3) is 21.8 Å². The van der Waals surface area contributed by atoms with Gasteiger partial charge in [0, 0.05) is 104 Å². The average Bonchev–Trinajstić information content (AvgIpc) is 3.54. The molecule has 0 spiro atoms. The average molecular weight is 882 g/mol. The predicted octanol–water partition coefficient (Wildman–Crippen LogP) is 8.28. The van der Waals surface area contributed by atoms with Gasteiger partial charge in [0.2, 0.25) is 0 Å². The summed E-state index contributed by atoms with van der Waals surface area (Å²) in [7, 11) is 0. The van der Waals surface area contributed by atoms with Crippen LogP contribution in [0, 0.1) is 0 Å². The highest BCUT2D eigenvalue weighted by Gasteiger charge is 2.31. The number of fused-ring (bicyclic) bond motifs is 3. The summed E-state index contributed by atoms with van der Waals surface area (Å²) in [5.74, 6) is -3.84. The van der Waals surface area contributed by atoms with Gasteiger partial charge in [0.25, 0.3) is 11.8 Å². The maximum absolute atomic E-state index is 13.0. The predicted molar refractivity (Wildman–Crippen MR) is 237 cm³/mol. The number of hydroxylamine groups is 4. The van der Waals surface area contributed by atoms with Gasteiger partial charge in [0.05, 0.1) is 11.4 Å². The molecule has 0 radical (unpaired) electrons. The molecule has 5 rings (SSSR count). The highest BCUT2D eigenvalue weighted by Crippen LogP contribution is 2.35. The minimum Gasteiger partial charge on any atom is -0.341 e. The zero-order chi connectivity index (χ0) is 45.2. The van der Waals surface area contributed by atoms with Gasteiger partial charge >= 0.3 is 23.9 Å². The van der Waals surface area contributed by atoms with Gasteiger partial charge in [-0.05, 0) is 72.8 Å². The van der Waals surface area contributed by atoms with Crippen molar-refractivity contribution in [2.45, 2.75) is 89.7 Å². The molecule has 62 heavy (non-hydrogen) atoms. The van der Waals surface area contributed by atoms with Gasteiger partial charge in [-0.1, -0.05) is 46.7 Å². The standard InChI is InChI=1S/C45H47N5O10S2/c1-9-48-42-20-14-34(40(46-57-28(4)53)24-44(32-10-16-36(61)17-11-32)49(26(2)51)59-30(6)55)22-38(42)39-23-35(15-21-43(39)48)41(47-58-29(5)54)25-45(50(27(3)52)60-31(7)56)33-12-18-37(62-8)19-13-33/h10-23,44-45,61H,9,24-25H2,1-8H3/b46-40+,47-41+. The Morgan fingerprint density at radius 1 is 0.613 bits per heavy atom. The fourth-order valence-corrected chi connectivity index (χ4v) is 7.55. The molecule has 324 valence electrons. The van der Waals surface area contributed by atoms with E-state index in [2.05, 4.69) is 27.5 Å². The fraction of sp³-hybridized carbons (Fsp3) is 0.289. The SMILES string of the molecule is CCn1c2ccc(/C(CC(c3ccc(S)cc3)N(OC(C)=O)C(C)=O)=N/OC(C)=O)cc2c2cc(/C(CC(c3ccc(SC)cc3)N(OC(C)=O)C(C)=O)=N/OC(C)=O)ccc21. The first kappa shape index (κ1) is 46.6. The first-order chi connectivity index (χ1) is 29.5. The number of aromatic nitrogens is 1. The van der Waals surface area contributed by atoms with E-state index in [0.29, 0.717) is 33.7 Å².